The molecule has 0 saturated carbocycles. The fourth-order valence-corrected chi connectivity index (χ4v) is 2.43. The maximum absolute atomic E-state index is 11.9. The number of hydrogen-bond donors (Lipinski definition) is 1. The number of benzene rings is 1. The fourth-order valence-electron chi connectivity index (χ4n) is 2.43. The van der Waals surface area contributed by atoms with Crippen LogP contribution in [-0.2, 0) is 17.8 Å². The molecular weight excluding hydrogens is 254 g/mol. The molecule has 0 bridgehead atoms. The first-order chi connectivity index (χ1) is 9.81. The Labute approximate surface area is 117 Å². The van der Waals surface area contributed by atoms with Crippen molar-refractivity contribution >= 4 is 5.91 Å². The monoisotopic (exact) mass is 271 g/mol. The number of ether oxygens (including phenoxy) is 1. The maximum atomic E-state index is 11.9. The standard InChI is InChI=1S/C15H17N3O2/c19-15(10-20-14-4-2-1-3-5-14)17-12-6-7-18-11-16-9-13(18)8-12/h1-5,9,11-12H,6-8,10H2,(H,17,19). The lowest BCUT2D eigenvalue weighted by Gasteiger charge is -2.24. The van der Waals surface area contributed by atoms with E-state index in [1.54, 1.807) is 0 Å². The normalized spacial score (nSPS) is 17.3. The number of para-hydroxylation sites is 1. The van der Waals surface area contributed by atoms with Gasteiger partial charge in [0.2, 0.25) is 0 Å². The van der Waals surface area contributed by atoms with Gasteiger partial charge in [0, 0.05) is 30.9 Å². The van der Waals surface area contributed by atoms with Crippen molar-refractivity contribution in [3.63, 3.8) is 0 Å². The maximum Gasteiger partial charge on any atom is 0.258 e. The summed E-state index contributed by atoms with van der Waals surface area (Å²) in [4.78, 5) is 16.0. The second-order valence-corrected chi connectivity index (χ2v) is 4.94. The van der Waals surface area contributed by atoms with Crippen molar-refractivity contribution in [1.29, 1.82) is 0 Å². The molecule has 1 aliphatic rings. The minimum Gasteiger partial charge on any atom is -0.484 e. The van der Waals surface area contributed by atoms with Gasteiger partial charge in [0.25, 0.3) is 5.91 Å². The highest BCUT2D eigenvalue weighted by Crippen LogP contribution is 2.14. The van der Waals surface area contributed by atoms with Crippen LogP contribution >= 0.6 is 0 Å². The van der Waals surface area contributed by atoms with E-state index in [2.05, 4.69) is 14.9 Å². The van der Waals surface area contributed by atoms with Gasteiger partial charge in [-0.1, -0.05) is 18.2 Å². The number of nitrogens with zero attached hydrogens (tertiary/aromatic N) is 2. The van der Waals surface area contributed by atoms with E-state index < -0.39 is 0 Å². The average molecular weight is 271 g/mol. The SMILES string of the molecule is O=C(COc1ccccc1)NC1CCn2cncc2C1. The third-order valence-corrected chi connectivity index (χ3v) is 3.45. The number of nitrogens with one attached hydrogen (secondary N) is 1. The quantitative estimate of drug-likeness (QED) is 0.914. The largest absolute Gasteiger partial charge is 0.484 e. The molecule has 20 heavy (non-hydrogen) atoms. The Bertz CT molecular complexity index is 580. The zero-order valence-electron chi connectivity index (χ0n) is 11.2. The molecule has 1 aromatic carbocycles. The van der Waals surface area contributed by atoms with Gasteiger partial charge in [0.15, 0.2) is 6.61 Å². The van der Waals surface area contributed by atoms with Crippen molar-refractivity contribution < 1.29 is 9.53 Å². The summed E-state index contributed by atoms with van der Waals surface area (Å²) in [7, 11) is 0. The summed E-state index contributed by atoms with van der Waals surface area (Å²) in [5, 5.41) is 3.01. The van der Waals surface area contributed by atoms with Gasteiger partial charge in [-0.3, -0.25) is 4.79 Å². The number of carbonyl (C=O) groups is 1. The summed E-state index contributed by atoms with van der Waals surface area (Å²) in [5.74, 6) is 0.635. The van der Waals surface area contributed by atoms with Crippen molar-refractivity contribution in [1.82, 2.24) is 14.9 Å². The van der Waals surface area contributed by atoms with Crippen molar-refractivity contribution in [2.45, 2.75) is 25.4 Å². The van der Waals surface area contributed by atoms with E-state index in [0.29, 0.717) is 5.75 Å². The minimum absolute atomic E-state index is 0.0553. The summed E-state index contributed by atoms with van der Waals surface area (Å²) >= 11 is 0. The lowest BCUT2D eigenvalue weighted by Crippen LogP contribution is -2.42. The van der Waals surface area contributed by atoms with Crippen LogP contribution in [0.1, 0.15) is 12.1 Å². The van der Waals surface area contributed by atoms with Gasteiger partial charge in [-0.15, -0.1) is 0 Å². The van der Waals surface area contributed by atoms with E-state index in [1.807, 2.05) is 42.9 Å². The molecule has 1 N–H and O–H groups in total. The van der Waals surface area contributed by atoms with Gasteiger partial charge in [-0.25, -0.2) is 4.98 Å². The predicted octanol–water partition coefficient (Wildman–Crippen LogP) is 1.39. The Morgan fingerprint density at radius 2 is 2.25 bits per heavy atom. The molecule has 1 amide bonds. The average Bonchev–Trinajstić information content (AvgIpc) is 2.94. The number of aryl methyl sites for hydroxylation is 1. The van der Waals surface area contributed by atoms with E-state index in [1.165, 1.54) is 5.69 Å². The molecule has 1 aliphatic heterocycles. The summed E-state index contributed by atoms with van der Waals surface area (Å²) < 4.78 is 7.56. The molecule has 5 nitrogen and oxygen atoms in total. The summed E-state index contributed by atoms with van der Waals surface area (Å²) in [6.45, 7) is 0.958. The smallest absolute Gasteiger partial charge is 0.258 e. The second kappa shape index (κ2) is 5.77. The summed E-state index contributed by atoms with van der Waals surface area (Å²) in [5.41, 5.74) is 1.17. The third-order valence-electron chi connectivity index (χ3n) is 3.45. The van der Waals surface area contributed by atoms with Gasteiger partial charge in [0.05, 0.1) is 6.33 Å². The highest BCUT2D eigenvalue weighted by Gasteiger charge is 2.20. The van der Waals surface area contributed by atoms with Gasteiger partial charge < -0.3 is 14.6 Å². The van der Waals surface area contributed by atoms with Crippen LogP contribution in [-0.4, -0.2) is 28.1 Å². The molecular formula is C15H17N3O2. The van der Waals surface area contributed by atoms with Crippen molar-refractivity contribution in [3.05, 3.63) is 48.5 Å². The number of amides is 1. The minimum atomic E-state index is -0.0770. The molecule has 5 heteroatoms. The van der Waals surface area contributed by atoms with E-state index in [4.69, 9.17) is 4.74 Å². The lowest BCUT2D eigenvalue weighted by atomic mass is 10.0. The fraction of sp³-hybridized carbons (Fsp3) is 0.333. The number of fused-ring (bicyclic) bond motifs is 1. The van der Waals surface area contributed by atoms with E-state index in [-0.39, 0.29) is 18.6 Å². The van der Waals surface area contributed by atoms with Crippen LogP contribution in [0.4, 0.5) is 0 Å². The highest BCUT2D eigenvalue weighted by atomic mass is 16.5. The van der Waals surface area contributed by atoms with Crippen molar-refractivity contribution in [2.24, 2.45) is 0 Å². The number of carbonyl (C=O) groups excluding carboxylic acids is 1. The first-order valence-electron chi connectivity index (χ1n) is 6.77. The predicted molar refractivity (Wildman–Crippen MR) is 74.4 cm³/mol. The number of imidazole rings is 1. The molecule has 1 atom stereocenters. The van der Waals surface area contributed by atoms with Crippen LogP contribution in [0, 0.1) is 0 Å². The van der Waals surface area contributed by atoms with Crippen LogP contribution in [0.15, 0.2) is 42.9 Å². The van der Waals surface area contributed by atoms with Gasteiger partial charge in [0.1, 0.15) is 5.75 Å². The summed E-state index contributed by atoms with van der Waals surface area (Å²) in [6, 6.07) is 9.54. The Morgan fingerprint density at radius 3 is 3.10 bits per heavy atom. The van der Waals surface area contributed by atoms with E-state index in [0.717, 1.165) is 19.4 Å². The van der Waals surface area contributed by atoms with Crippen molar-refractivity contribution in [2.75, 3.05) is 6.61 Å². The Hall–Kier alpha value is -2.30. The molecule has 0 aliphatic carbocycles. The van der Waals surface area contributed by atoms with Crippen LogP contribution in [0.2, 0.25) is 0 Å². The molecule has 1 unspecified atom stereocenters. The molecule has 2 heterocycles. The van der Waals surface area contributed by atoms with Crippen LogP contribution in [0.5, 0.6) is 5.75 Å². The first-order valence-corrected chi connectivity index (χ1v) is 6.77. The molecule has 1 aromatic heterocycles. The molecule has 0 saturated heterocycles. The van der Waals surface area contributed by atoms with E-state index >= 15 is 0 Å². The van der Waals surface area contributed by atoms with Gasteiger partial charge >= 0.3 is 0 Å². The topological polar surface area (TPSA) is 56.1 Å². The zero-order valence-corrected chi connectivity index (χ0v) is 11.2. The molecule has 3 rings (SSSR count). The molecule has 104 valence electrons. The number of rotatable bonds is 4. The van der Waals surface area contributed by atoms with Crippen LogP contribution in [0.25, 0.3) is 0 Å². The molecule has 0 fully saturated rings. The van der Waals surface area contributed by atoms with Crippen LogP contribution < -0.4 is 10.1 Å². The van der Waals surface area contributed by atoms with E-state index in [9.17, 15) is 4.79 Å². The van der Waals surface area contributed by atoms with Crippen LogP contribution in [0.3, 0.4) is 0 Å². The van der Waals surface area contributed by atoms with Gasteiger partial charge in [-0.2, -0.15) is 0 Å². The number of hydrogen-bond acceptors (Lipinski definition) is 3. The van der Waals surface area contributed by atoms with Gasteiger partial charge in [-0.05, 0) is 18.6 Å². The summed E-state index contributed by atoms with van der Waals surface area (Å²) in [6.07, 6.45) is 5.46. The molecule has 2 aromatic rings. The zero-order chi connectivity index (χ0) is 13.8. The number of aromatic nitrogens is 2. The molecule has 0 radical (unpaired) electrons. The first kappa shape index (κ1) is 12.7. The Morgan fingerprint density at radius 1 is 1.40 bits per heavy atom. The Balaban J connectivity index is 1.48. The Kier molecular flexibility index (Phi) is 3.67. The van der Waals surface area contributed by atoms with Crippen molar-refractivity contribution in [3.8, 4) is 5.75 Å². The lowest BCUT2D eigenvalue weighted by molar-refractivity contribution is -0.123. The third kappa shape index (κ3) is 2.99. The highest BCUT2D eigenvalue weighted by molar-refractivity contribution is 5.77. The molecule has 0 spiro atoms. The second-order valence-electron chi connectivity index (χ2n) is 4.94.